The number of hydrogen-bond acceptors (Lipinski definition) is 3. The molecule has 0 radical (unpaired) electrons. The van der Waals surface area contributed by atoms with Crippen LogP contribution in [0.3, 0.4) is 0 Å². The molecule has 1 fully saturated rings. The van der Waals surface area contributed by atoms with E-state index in [0.29, 0.717) is 11.7 Å². The van der Waals surface area contributed by atoms with E-state index in [1.54, 1.807) is 11.8 Å². The van der Waals surface area contributed by atoms with E-state index in [0.717, 1.165) is 5.04 Å². The topological polar surface area (TPSA) is 49.7 Å². The Morgan fingerprint density at radius 2 is 2.07 bits per heavy atom. The molecule has 0 aromatic rings. The van der Waals surface area contributed by atoms with Gasteiger partial charge in [-0.3, -0.25) is 4.99 Å². The molecule has 0 aromatic carbocycles. The monoisotopic (exact) mass is 213 g/mol. The lowest BCUT2D eigenvalue weighted by molar-refractivity contribution is -0.137. The van der Waals surface area contributed by atoms with Gasteiger partial charge in [-0.25, -0.2) is 4.79 Å². The zero-order chi connectivity index (χ0) is 9.97. The summed E-state index contributed by atoms with van der Waals surface area (Å²) in [7, 11) is 0. The summed E-state index contributed by atoms with van der Waals surface area (Å²) in [6.45, 7) is 0. The van der Waals surface area contributed by atoms with Crippen LogP contribution in [-0.4, -0.2) is 27.9 Å². The first-order chi connectivity index (χ1) is 6.77. The average Bonchev–Trinajstić information content (AvgIpc) is 2.68. The van der Waals surface area contributed by atoms with Crippen molar-refractivity contribution in [3.63, 3.8) is 0 Å². The SMILES string of the molecule is O=C(O)C1CSC(C2CCCCC2)=N1. The lowest BCUT2D eigenvalue weighted by Gasteiger charge is -2.20. The summed E-state index contributed by atoms with van der Waals surface area (Å²) < 4.78 is 0. The second-order valence-corrected chi connectivity index (χ2v) is 5.01. The summed E-state index contributed by atoms with van der Waals surface area (Å²) in [6.07, 6.45) is 6.30. The molecular formula is C10H15NO2S. The third-order valence-electron chi connectivity index (χ3n) is 2.91. The molecule has 1 aliphatic heterocycles. The van der Waals surface area contributed by atoms with E-state index < -0.39 is 12.0 Å². The van der Waals surface area contributed by atoms with Crippen molar-refractivity contribution in [2.45, 2.75) is 38.1 Å². The van der Waals surface area contributed by atoms with Crippen molar-refractivity contribution in [3.8, 4) is 0 Å². The minimum absolute atomic E-state index is 0.475. The van der Waals surface area contributed by atoms with Crippen LogP contribution in [0.15, 0.2) is 4.99 Å². The first-order valence-electron chi connectivity index (χ1n) is 5.20. The average molecular weight is 213 g/mol. The van der Waals surface area contributed by atoms with E-state index in [-0.39, 0.29) is 0 Å². The highest BCUT2D eigenvalue weighted by Crippen LogP contribution is 2.32. The zero-order valence-corrected chi connectivity index (χ0v) is 8.92. The summed E-state index contributed by atoms with van der Waals surface area (Å²) in [5.74, 6) is 0.433. The fraction of sp³-hybridized carbons (Fsp3) is 0.800. The first-order valence-corrected chi connectivity index (χ1v) is 6.19. The highest BCUT2D eigenvalue weighted by Gasteiger charge is 2.29. The Kier molecular flexibility index (Phi) is 3.11. The zero-order valence-electron chi connectivity index (χ0n) is 8.11. The van der Waals surface area contributed by atoms with Gasteiger partial charge in [0.05, 0.1) is 5.04 Å². The Bertz CT molecular complexity index is 259. The van der Waals surface area contributed by atoms with E-state index in [4.69, 9.17) is 5.11 Å². The van der Waals surface area contributed by atoms with Crippen LogP contribution in [0.25, 0.3) is 0 Å². The molecule has 0 bridgehead atoms. The Hall–Kier alpha value is -0.510. The molecule has 1 aliphatic carbocycles. The Balaban J connectivity index is 1.97. The van der Waals surface area contributed by atoms with Crippen molar-refractivity contribution in [3.05, 3.63) is 0 Å². The number of carboxylic acids is 1. The molecule has 4 heteroatoms. The summed E-state index contributed by atoms with van der Waals surface area (Å²) in [4.78, 5) is 15.0. The molecule has 78 valence electrons. The Labute approximate surface area is 88.0 Å². The van der Waals surface area contributed by atoms with E-state index in [1.807, 2.05) is 0 Å². The molecule has 0 spiro atoms. The van der Waals surface area contributed by atoms with Crippen LogP contribution >= 0.6 is 11.8 Å². The normalized spacial score (nSPS) is 28.9. The Morgan fingerprint density at radius 3 is 2.64 bits per heavy atom. The van der Waals surface area contributed by atoms with Gasteiger partial charge in [0.1, 0.15) is 0 Å². The number of hydrogen-bond donors (Lipinski definition) is 1. The lowest BCUT2D eigenvalue weighted by atomic mass is 9.90. The molecule has 2 aliphatic rings. The number of aliphatic carboxylic acids is 1. The van der Waals surface area contributed by atoms with E-state index in [9.17, 15) is 4.79 Å². The first kappa shape index (κ1) is 10.0. The van der Waals surface area contributed by atoms with E-state index >= 15 is 0 Å². The molecule has 3 nitrogen and oxygen atoms in total. The summed E-state index contributed by atoms with van der Waals surface area (Å²) in [5.41, 5.74) is 0. The van der Waals surface area contributed by atoms with Gasteiger partial charge in [-0.2, -0.15) is 0 Å². The van der Waals surface area contributed by atoms with Crippen LogP contribution in [-0.2, 0) is 4.79 Å². The standard InChI is InChI=1S/C10H15NO2S/c12-10(13)8-6-14-9(11-8)7-4-2-1-3-5-7/h7-8H,1-6H2,(H,12,13). The van der Waals surface area contributed by atoms with E-state index in [1.165, 1.54) is 32.1 Å². The second kappa shape index (κ2) is 4.34. The largest absolute Gasteiger partial charge is 0.480 e. The molecule has 2 rings (SSSR count). The molecule has 1 N–H and O–H groups in total. The number of aliphatic imine (C=N–C) groups is 1. The van der Waals surface area contributed by atoms with Gasteiger partial charge in [0.2, 0.25) is 0 Å². The second-order valence-electron chi connectivity index (χ2n) is 3.97. The van der Waals surface area contributed by atoms with Crippen molar-refractivity contribution < 1.29 is 9.90 Å². The van der Waals surface area contributed by atoms with Crippen molar-refractivity contribution in [1.82, 2.24) is 0 Å². The van der Waals surface area contributed by atoms with Crippen molar-refractivity contribution in [2.75, 3.05) is 5.75 Å². The van der Waals surface area contributed by atoms with Gasteiger partial charge in [0.15, 0.2) is 6.04 Å². The number of thioether (sulfide) groups is 1. The van der Waals surface area contributed by atoms with Crippen LogP contribution < -0.4 is 0 Å². The van der Waals surface area contributed by atoms with Gasteiger partial charge >= 0.3 is 5.97 Å². The van der Waals surface area contributed by atoms with E-state index in [2.05, 4.69) is 4.99 Å². The maximum Gasteiger partial charge on any atom is 0.329 e. The van der Waals surface area contributed by atoms with Crippen LogP contribution in [0.1, 0.15) is 32.1 Å². The number of nitrogens with zero attached hydrogens (tertiary/aromatic N) is 1. The van der Waals surface area contributed by atoms with Crippen molar-refractivity contribution in [1.29, 1.82) is 0 Å². The Morgan fingerprint density at radius 1 is 1.36 bits per heavy atom. The van der Waals surface area contributed by atoms with Gasteiger partial charge in [0.25, 0.3) is 0 Å². The van der Waals surface area contributed by atoms with Crippen molar-refractivity contribution >= 4 is 22.8 Å². The molecule has 14 heavy (non-hydrogen) atoms. The maximum atomic E-state index is 10.7. The van der Waals surface area contributed by atoms with Crippen LogP contribution in [0.2, 0.25) is 0 Å². The molecule has 1 atom stereocenters. The molecule has 1 saturated carbocycles. The summed E-state index contributed by atoms with van der Waals surface area (Å²) in [5, 5.41) is 9.92. The molecule has 0 amide bonds. The smallest absolute Gasteiger partial charge is 0.329 e. The molecule has 0 aromatic heterocycles. The third kappa shape index (κ3) is 2.11. The van der Waals surface area contributed by atoms with Gasteiger partial charge in [-0.15, -0.1) is 11.8 Å². The predicted octanol–water partition coefficient (Wildman–Crippen LogP) is 2.17. The predicted molar refractivity (Wildman–Crippen MR) is 57.9 cm³/mol. The van der Waals surface area contributed by atoms with Crippen LogP contribution in [0.5, 0.6) is 0 Å². The molecule has 1 heterocycles. The highest BCUT2D eigenvalue weighted by molar-refractivity contribution is 8.14. The molecule has 1 unspecified atom stereocenters. The maximum absolute atomic E-state index is 10.7. The number of rotatable bonds is 2. The summed E-state index contributed by atoms with van der Waals surface area (Å²) >= 11 is 1.65. The van der Waals surface area contributed by atoms with Gasteiger partial charge < -0.3 is 5.11 Å². The number of carbonyl (C=O) groups is 1. The fourth-order valence-corrected chi connectivity index (χ4v) is 3.31. The van der Waals surface area contributed by atoms with Gasteiger partial charge in [-0.05, 0) is 12.8 Å². The molecular weight excluding hydrogens is 198 g/mol. The van der Waals surface area contributed by atoms with Crippen molar-refractivity contribution in [2.24, 2.45) is 10.9 Å². The third-order valence-corrected chi connectivity index (χ3v) is 4.13. The summed E-state index contributed by atoms with van der Waals surface area (Å²) in [6, 6.07) is -0.475. The lowest BCUT2D eigenvalue weighted by Crippen LogP contribution is -2.17. The van der Waals surface area contributed by atoms with Gasteiger partial charge in [0, 0.05) is 11.7 Å². The minimum atomic E-state index is -0.775. The minimum Gasteiger partial charge on any atom is -0.480 e. The highest BCUT2D eigenvalue weighted by atomic mass is 32.2. The van der Waals surface area contributed by atoms with Crippen LogP contribution in [0, 0.1) is 5.92 Å². The molecule has 0 saturated heterocycles. The van der Waals surface area contributed by atoms with Gasteiger partial charge in [-0.1, -0.05) is 19.3 Å². The fourth-order valence-electron chi connectivity index (χ4n) is 2.09. The quantitative estimate of drug-likeness (QED) is 0.764. The number of carboxylic acid groups (broad SMARTS) is 1. The van der Waals surface area contributed by atoms with Crippen LogP contribution in [0.4, 0.5) is 0 Å².